The molecule has 0 aromatic rings. The number of hydrogen-bond donors (Lipinski definition) is 2. The second-order valence-corrected chi connectivity index (χ2v) is 4.38. The maximum Gasteiger partial charge on any atom is 0.222 e. The van der Waals surface area contributed by atoms with Crippen LogP contribution in [0.5, 0.6) is 0 Å². The molecule has 4 heteroatoms. The molecular weight excluding hydrogens is 216 g/mol. The van der Waals surface area contributed by atoms with Crippen molar-refractivity contribution in [2.24, 2.45) is 0 Å². The minimum absolute atomic E-state index is 0.0298. The quantitative estimate of drug-likeness (QED) is 0.573. The van der Waals surface area contributed by atoms with Crippen molar-refractivity contribution >= 4 is 11.7 Å². The van der Waals surface area contributed by atoms with Gasteiger partial charge in [0, 0.05) is 13.0 Å². The van der Waals surface area contributed by atoms with Gasteiger partial charge in [-0.3, -0.25) is 9.59 Å². The van der Waals surface area contributed by atoms with Crippen LogP contribution in [0.3, 0.4) is 0 Å². The monoisotopic (exact) mass is 242 g/mol. The van der Waals surface area contributed by atoms with Crippen LogP contribution in [0.4, 0.5) is 0 Å². The van der Waals surface area contributed by atoms with Crippen molar-refractivity contribution in [3.63, 3.8) is 0 Å². The molecule has 0 spiro atoms. The minimum atomic E-state index is -0.332. The first kappa shape index (κ1) is 16.1. The Morgan fingerprint density at radius 3 is 2.29 bits per heavy atom. The summed E-state index contributed by atoms with van der Waals surface area (Å²) in [7, 11) is 0. The van der Waals surface area contributed by atoms with Crippen LogP contribution in [-0.4, -0.2) is 30.8 Å². The van der Waals surface area contributed by atoms with Crippen LogP contribution >= 0.6 is 0 Å². The van der Waals surface area contributed by atoms with Crippen molar-refractivity contribution in [2.75, 3.05) is 13.1 Å². The molecule has 17 heavy (non-hydrogen) atoms. The number of ketones is 1. The highest BCUT2D eigenvalue weighted by atomic mass is 16.2. The molecule has 1 atom stereocenters. The Balaban J connectivity index is 3.83. The summed E-state index contributed by atoms with van der Waals surface area (Å²) in [5.41, 5.74) is 0. The first-order chi connectivity index (χ1) is 8.11. The molecule has 0 aromatic carbocycles. The van der Waals surface area contributed by atoms with Gasteiger partial charge in [0.05, 0.1) is 6.04 Å². The van der Waals surface area contributed by atoms with Crippen molar-refractivity contribution in [1.82, 2.24) is 10.6 Å². The lowest BCUT2D eigenvalue weighted by molar-refractivity contribution is -0.126. The minimum Gasteiger partial charge on any atom is -0.356 e. The van der Waals surface area contributed by atoms with Crippen LogP contribution in [0.1, 0.15) is 52.9 Å². The van der Waals surface area contributed by atoms with Crippen LogP contribution in [-0.2, 0) is 9.59 Å². The average molecular weight is 242 g/mol. The van der Waals surface area contributed by atoms with E-state index in [0.717, 1.165) is 32.2 Å². The third kappa shape index (κ3) is 8.86. The normalized spacial score (nSPS) is 12.2. The fourth-order valence-corrected chi connectivity index (χ4v) is 1.54. The predicted octanol–water partition coefficient (Wildman–Crippen LogP) is 1.64. The second kappa shape index (κ2) is 10.3. The van der Waals surface area contributed by atoms with E-state index in [0.29, 0.717) is 6.54 Å². The molecule has 0 saturated carbocycles. The predicted molar refractivity (Wildman–Crippen MR) is 69.9 cm³/mol. The lowest BCUT2D eigenvalue weighted by Gasteiger charge is -2.15. The van der Waals surface area contributed by atoms with E-state index < -0.39 is 0 Å². The third-order valence-electron chi connectivity index (χ3n) is 2.62. The molecule has 0 heterocycles. The number of nitrogens with one attached hydrogen (secondary N) is 2. The Morgan fingerprint density at radius 2 is 1.76 bits per heavy atom. The maximum atomic E-state index is 11.6. The highest BCUT2D eigenvalue weighted by Gasteiger charge is 2.16. The lowest BCUT2D eigenvalue weighted by atomic mass is 10.1. The fraction of sp³-hybridized carbons (Fsp3) is 0.846. The largest absolute Gasteiger partial charge is 0.356 e. The number of carbonyl (C=O) groups excluding carboxylic acids is 2. The van der Waals surface area contributed by atoms with Crippen molar-refractivity contribution in [2.45, 2.75) is 58.9 Å². The smallest absolute Gasteiger partial charge is 0.222 e. The highest BCUT2D eigenvalue weighted by molar-refractivity contribution is 5.88. The van der Waals surface area contributed by atoms with E-state index in [-0.39, 0.29) is 24.2 Å². The Hall–Kier alpha value is -0.900. The molecule has 0 aliphatic carbocycles. The van der Waals surface area contributed by atoms with Gasteiger partial charge >= 0.3 is 0 Å². The maximum absolute atomic E-state index is 11.6. The van der Waals surface area contributed by atoms with Crippen molar-refractivity contribution in [1.29, 1.82) is 0 Å². The Labute approximate surface area is 105 Å². The van der Waals surface area contributed by atoms with Crippen molar-refractivity contribution < 1.29 is 9.59 Å². The van der Waals surface area contributed by atoms with Gasteiger partial charge in [-0.15, -0.1) is 0 Å². The van der Waals surface area contributed by atoms with Crippen molar-refractivity contribution in [3.05, 3.63) is 0 Å². The molecule has 100 valence electrons. The average Bonchev–Trinajstić information content (AvgIpc) is 2.29. The van der Waals surface area contributed by atoms with E-state index in [9.17, 15) is 9.59 Å². The van der Waals surface area contributed by atoms with E-state index in [4.69, 9.17) is 0 Å². The Kier molecular flexibility index (Phi) is 9.72. The molecule has 2 N–H and O–H groups in total. The van der Waals surface area contributed by atoms with Gasteiger partial charge in [-0.05, 0) is 26.3 Å². The van der Waals surface area contributed by atoms with Gasteiger partial charge in [0.1, 0.15) is 5.78 Å². The van der Waals surface area contributed by atoms with Crippen LogP contribution in [0, 0.1) is 0 Å². The standard InChI is InChI=1S/C13H26N2O2/c1-4-6-7-9-15-13(17)10-12(11(3)16)14-8-5-2/h12,14H,4-10H2,1-3H3,(H,15,17). The molecular formula is C13H26N2O2. The molecule has 0 radical (unpaired) electrons. The summed E-state index contributed by atoms with van der Waals surface area (Å²) in [6.07, 6.45) is 4.49. The van der Waals surface area contributed by atoms with E-state index >= 15 is 0 Å². The molecule has 0 aromatic heterocycles. The summed E-state index contributed by atoms with van der Waals surface area (Å²) < 4.78 is 0. The molecule has 0 bridgehead atoms. The number of amides is 1. The number of rotatable bonds is 10. The Morgan fingerprint density at radius 1 is 1.06 bits per heavy atom. The molecule has 0 aliphatic rings. The van der Waals surface area contributed by atoms with E-state index in [2.05, 4.69) is 17.6 Å². The van der Waals surface area contributed by atoms with Gasteiger partial charge in [0.2, 0.25) is 5.91 Å². The topological polar surface area (TPSA) is 58.2 Å². The first-order valence-electron chi connectivity index (χ1n) is 6.62. The van der Waals surface area contributed by atoms with Gasteiger partial charge in [0.25, 0.3) is 0 Å². The molecule has 0 rings (SSSR count). The van der Waals surface area contributed by atoms with Gasteiger partial charge < -0.3 is 10.6 Å². The zero-order valence-electron chi connectivity index (χ0n) is 11.3. The highest BCUT2D eigenvalue weighted by Crippen LogP contribution is 1.96. The van der Waals surface area contributed by atoms with Crippen molar-refractivity contribution in [3.8, 4) is 0 Å². The van der Waals surface area contributed by atoms with E-state index in [1.165, 1.54) is 6.92 Å². The van der Waals surface area contributed by atoms with Gasteiger partial charge in [-0.2, -0.15) is 0 Å². The number of unbranched alkanes of at least 4 members (excludes halogenated alkanes) is 2. The fourth-order valence-electron chi connectivity index (χ4n) is 1.54. The zero-order chi connectivity index (χ0) is 13.1. The van der Waals surface area contributed by atoms with E-state index in [1.807, 2.05) is 6.92 Å². The molecule has 0 saturated heterocycles. The summed E-state index contributed by atoms with van der Waals surface area (Å²) in [5.74, 6) is -0.00735. The van der Waals surface area contributed by atoms with Crippen LogP contribution in [0.25, 0.3) is 0 Å². The second-order valence-electron chi connectivity index (χ2n) is 4.38. The summed E-state index contributed by atoms with van der Waals surface area (Å²) in [6.45, 7) is 7.17. The molecule has 4 nitrogen and oxygen atoms in total. The zero-order valence-corrected chi connectivity index (χ0v) is 11.3. The summed E-state index contributed by atoms with van der Waals surface area (Å²) >= 11 is 0. The Bertz CT molecular complexity index is 229. The van der Waals surface area contributed by atoms with Gasteiger partial charge in [0.15, 0.2) is 0 Å². The third-order valence-corrected chi connectivity index (χ3v) is 2.62. The SMILES string of the molecule is CCCCCNC(=O)CC(NCCC)C(C)=O. The number of carbonyl (C=O) groups is 2. The summed E-state index contributed by atoms with van der Waals surface area (Å²) in [4.78, 5) is 22.9. The molecule has 1 amide bonds. The van der Waals surface area contributed by atoms with Gasteiger partial charge in [-0.25, -0.2) is 0 Å². The molecule has 0 fully saturated rings. The number of hydrogen-bond acceptors (Lipinski definition) is 3. The first-order valence-corrected chi connectivity index (χ1v) is 6.62. The lowest BCUT2D eigenvalue weighted by Crippen LogP contribution is -2.40. The molecule has 1 unspecified atom stereocenters. The summed E-state index contributed by atoms with van der Waals surface area (Å²) in [5, 5.41) is 5.94. The van der Waals surface area contributed by atoms with Crippen LogP contribution < -0.4 is 10.6 Å². The van der Waals surface area contributed by atoms with Crippen LogP contribution in [0.15, 0.2) is 0 Å². The molecule has 0 aliphatic heterocycles. The summed E-state index contributed by atoms with van der Waals surface area (Å²) in [6, 6.07) is -0.332. The number of Topliss-reactive ketones (excluding diaryl/α,β-unsaturated/α-hetero) is 1. The van der Waals surface area contributed by atoms with E-state index in [1.54, 1.807) is 0 Å². The van der Waals surface area contributed by atoms with Crippen LogP contribution in [0.2, 0.25) is 0 Å². The van der Waals surface area contributed by atoms with Gasteiger partial charge in [-0.1, -0.05) is 26.7 Å².